The first-order valence-electron chi connectivity index (χ1n) is 20.7. The molecular weight excluding hydrogens is 564 g/mol. The molecule has 0 aromatic heterocycles. The Hall–Kier alpha value is -0.120. The summed E-state index contributed by atoms with van der Waals surface area (Å²) in [4.78, 5) is 0. The molecule has 0 saturated carbocycles. The first-order chi connectivity index (χ1) is 21.9. The molecule has 0 fully saturated rings. The second-order valence-corrected chi connectivity index (χ2v) is 17.3. The highest BCUT2D eigenvalue weighted by atomic mass is 16.5. The first kappa shape index (κ1) is 45.9. The fourth-order valence-electron chi connectivity index (χ4n) is 6.96. The SMILES string of the molecule is CC(C)CCC[C@@H](C)CCC[C@@H](C)CCC[C@@H](C)CCOC[C@@H](CO)OCC[C@H](C)CCC[C@H](C)CCC[C@H](C)CCCC(C)C. The van der Waals surface area contributed by atoms with E-state index < -0.39 is 0 Å². The summed E-state index contributed by atoms with van der Waals surface area (Å²) in [5.41, 5.74) is 0. The Morgan fingerprint density at radius 2 is 0.652 bits per heavy atom. The number of aliphatic hydroxyl groups is 1. The summed E-state index contributed by atoms with van der Waals surface area (Å²) < 4.78 is 11.9. The van der Waals surface area contributed by atoms with Crippen LogP contribution >= 0.6 is 0 Å². The van der Waals surface area contributed by atoms with Crippen molar-refractivity contribution in [3.63, 3.8) is 0 Å². The van der Waals surface area contributed by atoms with Crippen molar-refractivity contribution in [3.05, 3.63) is 0 Å². The summed E-state index contributed by atoms with van der Waals surface area (Å²) >= 11 is 0. The van der Waals surface area contributed by atoms with E-state index in [0.29, 0.717) is 18.4 Å². The van der Waals surface area contributed by atoms with Gasteiger partial charge in [-0.2, -0.15) is 0 Å². The molecule has 0 aromatic carbocycles. The minimum atomic E-state index is -0.186. The van der Waals surface area contributed by atoms with Gasteiger partial charge >= 0.3 is 0 Å². The molecule has 1 N–H and O–H groups in total. The third kappa shape index (κ3) is 31.2. The van der Waals surface area contributed by atoms with Crippen LogP contribution in [-0.4, -0.2) is 37.6 Å². The van der Waals surface area contributed by atoms with Gasteiger partial charge in [-0.15, -0.1) is 0 Å². The van der Waals surface area contributed by atoms with E-state index in [0.717, 1.165) is 61.6 Å². The van der Waals surface area contributed by atoms with Gasteiger partial charge in [-0.3, -0.25) is 0 Å². The lowest BCUT2D eigenvalue weighted by atomic mass is 9.91. The zero-order valence-corrected chi connectivity index (χ0v) is 33.4. The van der Waals surface area contributed by atoms with Crippen LogP contribution in [0.2, 0.25) is 0 Å². The van der Waals surface area contributed by atoms with Crippen LogP contribution in [0.5, 0.6) is 0 Å². The Morgan fingerprint density at radius 1 is 0.370 bits per heavy atom. The highest BCUT2D eigenvalue weighted by Gasteiger charge is 2.13. The molecule has 0 aliphatic rings. The summed E-state index contributed by atoms with van der Waals surface area (Å²) in [6, 6.07) is 0. The molecule has 7 atom stereocenters. The quantitative estimate of drug-likeness (QED) is 0.0703. The Labute approximate surface area is 291 Å². The van der Waals surface area contributed by atoms with Gasteiger partial charge in [-0.05, 0) is 60.2 Å². The van der Waals surface area contributed by atoms with E-state index in [-0.39, 0.29) is 12.7 Å². The fourth-order valence-corrected chi connectivity index (χ4v) is 6.96. The van der Waals surface area contributed by atoms with Crippen LogP contribution in [0.3, 0.4) is 0 Å². The van der Waals surface area contributed by atoms with Crippen molar-refractivity contribution in [2.45, 2.75) is 204 Å². The topological polar surface area (TPSA) is 38.7 Å². The number of aliphatic hydroxyl groups excluding tert-OH is 1. The molecule has 0 heterocycles. The Kier molecular flexibility index (Phi) is 30.8. The second-order valence-electron chi connectivity index (χ2n) is 17.3. The monoisotopic (exact) mass is 653 g/mol. The normalized spacial score (nSPS) is 16.9. The van der Waals surface area contributed by atoms with Crippen LogP contribution in [0.15, 0.2) is 0 Å². The highest BCUT2D eigenvalue weighted by molar-refractivity contribution is 4.64. The summed E-state index contributed by atoms with van der Waals surface area (Å²) in [5, 5.41) is 9.78. The summed E-state index contributed by atoms with van der Waals surface area (Å²) in [5.74, 6) is 6.57. The predicted octanol–water partition coefficient (Wildman–Crippen LogP) is 13.3. The van der Waals surface area contributed by atoms with Crippen LogP contribution in [0, 0.1) is 47.3 Å². The minimum absolute atomic E-state index is 0.0480. The predicted molar refractivity (Wildman–Crippen MR) is 205 cm³/mol. The molecular formula is C43H88O3. The third-order valence-corrected chi connectivity index (χ3v) is 10.8. The van der Waals surface area contributed by atoms with Gasteiger partial charge in [0.1, 0.15) is 6.10 Å². The van der Waals surface area contributed by atoms with E-state index in [2.05, 4.69) is 69.2 Å². The Morgan fingerprint density at radius 3 is 0.957 bits per heavy atom. The van der Waals surface area contributed by atoms with Crippen molar-refractivity contribution in [2.24, 2.45) is 47.3 Å². The zero-order chi connectivity index (χ0) is 34.6. The van der Waals surface area contributed by atoms with E-state index in [4.69, 9.17) is 9.47 Å². The Bertz CT molecular complexity index is 619. The fraction of sp³-hybridized carbons (Fsp3) is 1.00. The standard InChI is InChI=1S/C43H88O3/c1-35(2)17-11-19-37(5)21-13-23-39(7)25-15-27-41(9)29-31-45-34-43(33-44)46-32-30-42(10)28-16-26-40(8)24-14-22-38(6)20-12-18-36(3)4/h35-44H,11-34H2,1-10H3/t37-,38-,39-,40-,41-,42-,43-/m1/s1. The van der Waals surface area contributed by atoms with Gasteiger partial charge in [0.25, 0.3) is 0 Å². The maximum absolute atomic E-state index is 9.78. The molecule has 0 spiro atoms. The molecule has 0 rings (SSSR count). The van der Waals surface area contributed by atoms with Gasteiger partial charge in [-0.25, -0.2) is 0 Å². The summed E-state index contributed by atoms with van der Waals surface area (Å²) in [6.07, 6.45) is 26.8. The molecule has 3 heteroatoms. The van der Waals surface area contributed by atoms with Crippen molar-refractivity contribution in [1.29, 1.82) is 0 Å². The molecule has 278 valence electrons. The molecule has 46 heavy (non-hydrogen) atoms. The summed E-state index contributed by atoms with van der Waals surface area (Å²) in [7, 11) is 0. The van der Waals surface area contributed by atoms with Crippen molar-refractivity contribution in [3.8, 4) is 0 Å². The molecule has 0 bridgehead atoms. The number of rotatable bonds is 34. The van der Waals surface area contributed by atoms with E-state index in [1.807, 2.05) is 0 Å². The van der Waals surface area contributed by atoms with Crippen LogP contribution in [-0.2, 0) is 9.47 Å². The van der Waals surface area contributed by atoms with Gasteiger partial charge in [0.2, 0.25) is 0 Å². The lowest BCUT2D eigenvalue weighted by molar-refractivity contribution is -0.0471. The van der Waals surface area contributed by atoms with Crippen LogP contribution in [0.1, 0.15) is 198 Å². The molecule has 0 saturated heterocycles. The average molecular weight is 653 g/mol. The van der Waals surface area contributed by atoms with Gasteiger partial charge in [0, 0.05) is 13.2 Å². The number of ether oxygens (including phenoxy) is 2. The third-order valence-electron chi connectivity index (χ3n) is 10.8. The first-order valence-corrected chi connectivity index (χ1v) is 20.7. The van der Waals surface area contributed by atoms with Crippen molar-refractivity contribution in [1.82, 2.24) is 0 Å². The second kappa shape index (κ2) is 30.9. The van der Waals surface area contributed by atoms with Crippen molar-refractivity contribution < 1.29 is 14.6 Å². The van der Waals surface area contributed by atoms with Crippen molar-refractivity contribution in [2.75, 3.05) is 26.4 Å². The molecule has 3 nitrogen and oxygen atoms in total. The average Bonchev–Trinajstić information content (AvgIpc) is 2.98. The molecule has 0 aromatic rings. The minimum Gasteiger partial charge on any atom is -0.394 e. The van der Waals surface area contributed by atoms with Crippen LogP contribution in [0.4, 0.5) is 0 Å². The lowest BCUT2D eigenvalue weighted by Gasteiger charge is -2.19. The Balaban J connectivity index is 3.77. The molecule has 0 aliphatic heterocycles. The maximum Gasteiger partial charge on any atom is 0.104 e. The number of hydrogen-bond acceptors (Lipinski definition) is 3. The molecule has 0 radical (unpaired) electrons. The largest absolute Gasteiger partial charge is 0.394 e. The van der Waals surface area contributed by atoms with E-state index in [9.17, 15) is 5.11 Å². The lowest BCUT2D eigenvalue weighted by Crippen LogP contribution is -2.25. The van der Waals surface area contributed by atoms with Gasteiger partial charge in [0.05, 0.1) is 13.2 Å². The smallest absolute Gasteiger partial charge is 0.104 e. The molecule has 0 unspecified atom stereocenters. The van der Waals surface area contributed by atoms with Crippen molar-refractivity contribution >= 4 is 0 Å². The summed E-state index contributed by atoms with van der Waals surface area (Å²) in [6.45, 7) is 25.9. The van der Waals surface area contributed by atoms with Gasteiger partial charge in [0.15, 0.2) is 0 Å². The zero-order valence-electron chi connectivity index (χ0n) is 33.4. The van der Waals surface area contributed by atoms with Crippen LogP contribution in [0.25, 0.3) is 0 Å². The number of hydrogen-bond donors (Lipinski definition) is 1. The van der Waals surface area contributed by atoms with E-state index in [1.165, 1.54) is 116 Å². The molecule has 0 amide bonds. The highest BCUT2D eigenvalue weighted by Crippen LogP contribution is 2.24. The maximum atomic E-state index is 9.78. The van der Waals surface area contributed by atoms with Gasteiger partial charge < -0.3 is 14.6 Å². The van der Waals surface area contributed by atoms with Crippen LogP contribution < -0.4 is 0 Å². The van der Waals surface area contributed by atoms with Gasteiger partial charge in [-0.1, -0.05) is 185 Å². The molecule has 0 aliphatic carbocycles. The van der Waals surface area contributed by atoms with E-state index in [1.54, 1.807) is 0 Å². The van der Waals surface area contributed by atoms with E-state index >= 15 is 0 Å².